The fraction of sp³-hybridized carbons (Fsp3) is 0.400. The van der Waals surface area contributed by atoms with Gasteiger partial charge in [-0.25, -0.2) is 14.6 Å². The van der Waals surface area contributed by atoms with E-state index >= 15 is 0 Å². The topological polar surface area (TPSA) is 92.1 Å². The summed E-state index contributed by atoms with van der Waals surface area (Å²) >= 11 is 0. The Morgan fingerprint density at radius 2 is 1.70 bits per heavy atom. The average Bonchev–Trinajstić information content (AvgIpc) is 3.29. The molecule has 1 spiro atoms. The number of ether oxygens (including phenoxy) is 4. The van der Waals surface area contributed by atoms with Crippen molar-refractivity contribution in [2.45, 2.75) is 45.1 Å². The molecule has 0 unspecified atom stereocenters. The van der Waals surface area contributed by atoms with Crippen molar-refractivity contribution >= 4 is 22.8 Å². The van der Waals surface area contributed by atoms with E-state index in [2.05, 4.69) is 23.7 Å². The summed E-state index contributed by atoms with van der Waals surface area (Å²) in [5, 5.41) is 2.13. The molecule has 1 amide bonds. The van der Waals surface area contributed by atoms with Crippen molar-refractivity contribution in [3.8, 4) is 28.3 Å². The molecule has 1 aromatic heterocycles. The van der Waals surface area contributed by atoms with E-state index in [9.17, 15) is 9.59 Å². The summed E-state index contributed by atoms with van der Waals surface area (Å²) in [4.78, 5) is 31.8. The quantitative estimate of drug-likeness (QED) is 0.171. The lowest BCUT2D eigenvalue weighted by atomic mass is 9.57. The monoisotopic (exact) mass is 597 g/mol. The van der Waals surface area contributed by atoms with Crippen LogP contribution in [0.4, 0.5) is 4.79 Å². The molecule has 3 aromatic carbocycles. The molecule has 1 aliphatic carbocycles. The van der Waals surface area contributed by atoms with Crippen LogP contribution in [0.5, 0.6) is 5.75 Å². The third-order valence-electron chi connectivity index (χ3n) is 8.57. The van der Waals surface area contributed by atoms with Crippen molar-refractivity contribution in [2.24, 2.45) is 12.5 Å². The zero-order valence-electron chi connectivity index (χ0n) is 26.2. The first-order chi connectivity index (χ1) is 21.0. The lowest BCUT2D eigenvalue weighted by Crippen LogP contribution is -2.63. The van der Waals surface area contributed by atoms with Crippen molar-refractivity contribution in [1.82, 2.24) is 14.5 Å². The maximum absolute atomic E-state index is 12.6. The first-order valence-electron chi connectivity index (χ1n) is 14.9. The highest BCUT2D eigenvalue weighted by Crippen LogP contribution is 2.56. The van der Waals surface area contributed by atoms with E-state index in [-0.39, 0.29) is 30.2 Å². The van der Waals surface area contributed by atoms with E-state index in [1.807, 2.05) is 57.2 Å². The Bertz CT molecular complexity index is 1710. The lowest BCUT2D eigenvalue weighted by Gasteiger charge is -2.58. The summed E-state index contributed by atoms with van der Waals surface area (Å²) in [6.07, 6.45) is 1.66. The minimum atomic E-state index is -0.507. The molecular formula is C35H39N3O6. The van der Waals surface area contributed by atoms with Crippen molar-refractivity contribution in [1.29, 1.82) is 0 Å². The number of amides is 1. The van der Waals surface area contributed by atoms with E-state index in [1.165, 1.54) is 7.11 Å². The Hall–Kier alpha value is -4.37. The molecule has 1 saturated carbocycles. The number of likely N-dealkylation sites (tertiary alicyclic amines) is 1. The number of fused-ring (bicyclic) bond motifs is 1. The Morgan fingerprint density at radius 1 is 1.00 bits per heavy atom. The number of hydrogen-bond donors (Lipinski definition) is 0. The van der Waals surface area contributed by atoms with E-state index in [1.54, 1.807) is 24.1 Å². The number of aromatic nitrogens is 2. The standard InChI is InChI=1S/C35H39N3O6/c1-34(2,3)44-33(40)38-19-35(20-38)17-25(18-35)31-36-29(22-11-13-23(14-12-22)32(39)42-6)30(37(31)4)28-16-26(43-21-41-5)15-24-9-7-8-10-27(24)28/h7-16,25H,17-21H2,1-6H3. The van der Waals surface area contributed by atoms with Crippen LogP contribution >= 0.6 is 0 Å². The summed E-state index contributed by atoms with van der Waals surface area (Å²) in [6, 6.07) is 19.7. The molecule has 230 valence electrons. The average molecular weight is 598 g/mol. The summed E-state index contributed by atoms with van der Waals surface area (Å²) in [5.74, 6) is 1.57. The molecule has 9 nitrogen and oxygen atoms in total. The van der Waals surface area contributed by atoms with Crippen molar-refractivity contribution in [2.75, 3.05) is 34.1 Å². The van der Waals surface area contributed by atoms with Gasteiger partial charge in [-0.2, -0.15) is 0 Å². The van der Waals surface area contributed by atoms with Gasteiger partial charge in [-0.1, -0.05) is 36.4 Å². The molecule has 4 aromatic rings. The molecule has 1 aliphatic heterocycles. The van der Waals surface area contributed by atoms with Gasteiger partial charge < -0.3 is 28.4 Å². The summed E-state index contributed by atoms with van der Waals surface area (Å²) in [5.41, 5.74) is 3.78. The van der Waals surface area contributed by atoms with E-state index in [0.717, 1.165) is 52.0 Å². The molecular weight excluding hydrogens is 558 g/mol. The second kappa shape index (κ2) is 11.3. The van der Waals surface area contributed by atoms with Gasteiger partial charge in [0.15, 0.2) is 6.79 Å². The van der Waals surface area contributed by atoms with Gasteiger partial charge >= 0.3 is 12.1 Å². The van der Waals surface area contributed by atoms with E-state index < -0.39 is 5.60 Å². The van der Waals surface area contributed by atoms with Crippen molar-refractivity contribution in [3.05, 3.63) is 72.1 Å². The van der Waals surface area contributed by atoms with Crippen LogP contribution in [0.1, 0.15) is 55.7 Å². The second-order valence-electron chi connectivity index (χ2n) is 13.0. The molecule has 0 N–H and O–H groups in total. The van der Waals surface area contributed by atoms with Crippen LogP contribution in [0.2, 0.25) is 0 Å². The van der Waals surface area contributed by atoms with Crippen LogP contribution in [-0.2, 0) is 21.3 Å². The van der Waals surface area contributed by atoms with Crippen molar-refractivity contribution < 1.29 is 28.5 Å². The van der Waals surface area contributed by atoms with Crippen LogP contribution in [0.3, 0.4) is 0 Å². The van der Waals surface area contributed by atoms with Gasteiger partial charge in [-0.05, 0) is 68.7 Å². The maximum atomic E-state index is 12.6. The number of rotatable bonds is 7. The fourth-order valence-electron chi connectivity index (χ4n) is 6.61. The predicted octanol–water partition coefficient (Wildman–Crippen LogP) is 6.79. The van der Waals surface area contributed by atoms with E-state index in [0.29, 0.717) is 24.4 Å². The van der Waals surface area contributed by atoms with Crippen LogP contribution in [-0.4, -0.2) is 66.2 Å². The Labute approximate surface area is 257 Å². The number of carbonyl (C=O) groups excluding carboxylic acids is 2. The molecule has 0 bridgehead atoms. The number of carbonyl (C=O) groups is 2. The minimum absolute atomic E-state index is 0.108. The summed E-state index contributed by atoms with van der Waals surface area (Å²) < 4.78 is 23.8. The van der Waals surface area contributed by atoms with Gasteiger partial charge in [0.2, 0.25) is 0 Å². The number of benzene rings is 3. The molecule has 6 rings (SSSR count). The van der Waals surface area contributed by atoms with Crippen molar-refractivity contribution in [3.63, 3.8) is 0 Å². The number of nitrogens with zero attached hydrogens (tertiary/aromatic N) is 3. The third-order valence-corrected chi connectivity index (χ3v) is 8.57. The van der Waals surface area contributed by atoms with Crippen LogP contribution in [0.15, 0.2) is 60.7 Å². The predicted molar refractivity (Wildman–Crippen MR) is 168 cm³/mol. The number of methoxy groups -OCH3 is 2. The molecule has 0 atom stereocenters. The van der Waals surface area contributed by atoms with Gasteiger partial charge in [0.05, 0.1) is 24.1 Å². The van der Waals surface area contributed by atoms with Gasteiger partial charge in [0, 0.05) is 49.7 Å². The second-order valence-corrected chi connectivity index (χ2v) is 13.0. The van der Waals surface area contributed by atoms with Crippen LogP contribution < -0.4 is 4.74 Å². The maximum Gasteiger partial charge on any atom is 0.410 e. The van der Waals surface area contributed by atoms with Crippen LogP contribution in [0, 0.1) is 5.41 Å². The Morgan fingerprint density at radius 3 is 2.36 bits per heavy atom. The first kappa shape index (κ1) is 29.7. The lowest BCUT2D eigenvalue weighted by molar-refractivity contribution is -0.0800. The smallest absolute Gasteiger partial charge is 0.410 e. The SMILES string of the molecule is COCOc1cc(-c2c(-c3ccc(C(=O)OC)cc3)nc(C3CC4(C3)CN(C(=O)OC(C)(C)C)C4)n2C)c2ccccc2c1. The van der Waals surface area contributed by atoms with Gasteiger partial charge in [-0.15, -0.1) is 0 Å². The highest BCUT2D eigenvalue weighted by molar-refractivity contribution is 6.00. The van der Waals surface area contributed by atoms with Gasteiger partial charge in [0.25, 0.3) is 0 Å². The first-order valence-corrected chi connectivity index (χ1v) is 14.9. The van der Waals surface area contributed by atoms with E-state index in [4.69, 9.17) is 23.9 Å². The third kappa shape index (κ3) is 5.52. The molecule has 1 saturated heterocycles. The summed E-state index contributed by atoms with van der Waals surface area (Å²) in [6.45, 7) is 7.23. The number of esters is 1. The zero-order chi connectivity index (χ0) is 31.2. The Balaban J connectivity index is 1.37. The highest BCUT2D eigenvalue weighted by atomic mass is 16.7. The number of hydrogen-bond acceptors (Lipinski definition) is 7. The minimum Gasteiger partial charge on any atom is -0.468 e. The molecule has 9 heteroatoms. The molecule has 0 radical (unpaired) electrons. The van der Waals surface area contributed by atoms with Gasteiger partial charge in [0.1, 0.15) is 17.2 Å². The number of imidazole rings is 1. The van der Waals surface area contributed by atoms with Crippen LogP contribution in [0.25, 0.3) is 33.3 Å². The fourth-order valence-corrected chi connectivity index (χ4v) is 6.61. The molecule has 2 fully saturated rings. The molecule has 44 heavy (non-hydrogen) atoms. The summed E-state index contributed by atoms with van der Waals surface area (Å²) in [7, 11) is 5.05. The highest BCUT2D eigenvalue weighted by Gasteiger charge is 2.55. The zero-order valence-corrected chi connectivity index (χ0v) is 26.2. The normalized spacial score (nSPS) is 16.0. The Kier molecular flexibility index (Phi) is 7.61. The van der Waals surface area contributed by atoms with Gasteiger partial charge in [-0.3, -0.25) is 0 Å². The molecule has 2 heterocycles. The largest absolute Gasteiger partial charge is 0.468 e. The molecule has 2 aliphatic rings.